The molecule has 1 aliphatic heterocycles. The number of hydrogen-bond acceptors (Lipinski definition) is 7. The zero-order valence-electron chi connectivity index (χ0n) is 15.7. The van der Waals surface area contributed by atoms with Crippen LogP contribution in [0.5, 0.6) is 11.5 Å². The summed E-state index contributed by atoms with van der Waals surface area (Å²) in [6.45, 7) is 1.72. The summed E-state index contributed by atoms with van der Waals surface area (Å²) in [7, 11) is -3.80. The van der Waals surface area contributed by atoms with Gasteiger partial charge >= 0.3 is 0 Å². The Morgan fingerprint density at radius 3 is 2.55 bits per heavy atom. The Bertz CT molecular complexity index is 1070. The molecule has 1 aliphatic rings. The Morgan fingerprint density at radius 1 is 1.21 bits per heavy atom. The molecule has 1 heterocycles. The number of benzene rings is 2. The van der Waals surface area contributed by atoms with Gasteiger partial charge in [0.05, 0.1) is 28.1 Å². The molecular weight excluding hydrogens is 402 g/mol. The Balaban J connectivity index is 1.84. The van der Waals surface area contributed by atoms with Gasteiger partial charge in [0.15, 0.2) is 11.5 Å². The predicted molar refractivity (Wildman–Crippen MR) is 106 cm³/mol. The first kappa shape index (κ1) is 20.4. The normalized spacial score (nSPS) is 12.9. The number of carbonyl (C=O) groups excluding carboxylic acids is 1. The van der Waals surface area contributed by atoms with Crippen LogP contribution in [0.4, 0.5) is 17.1 Å². The molecule has 0 aliphatic carbocycles. The molecule has 3 rings (SSSR count). The van der Waals surface area contributed by atoms with Gasteiger partial charge in [-0.05, 0) is 25.1 Å². The molecule has 2 aromatic carbocycles. The predicted octanol–water partition coefficient (Wildman–Crippen LogP) is 2.08. The Hall–Kier alpha value is -3.34. The first-order valence-electron chi connectivity index (χ1n) is 8.58. The van der Waals surface area contributed by atoms with E-state index in [9.17, 15) is 23.3 Å². The number of nitrogens with one attached hydrogen (secondary N) is 1. The lowest BCUT2D eigenvalue weighted by Crippen LogP contribution is -2.37. The minimum absolute atomic E-state index is 0.144. The van der Waals surface area contributed by atoms with E-state index in [1.807, 2.05) is 0 Å². The molecule has 29 heavy (non-hydrogen) atoms. The Morgan fingerprint density at radius 2 is 1.90 bits per heavy atom. The van der Waals surface area contributed by atoms with E-state index in [1.54, 1.807) is 6.07 Å². The largest absolute Gasteiger partial charge is 0.486 e. The highest BCUT2D eigenvalue weighted by Crippen LogP contribution is 2.34. The van der Waals surface area contributed by atoms with Gasteiger partial charge in [0.25, 0.3) is 5.69 Å². The molecular formula is C18H19N3O7S. The van der Waals surface area contributed by atoms with Crippen LogP contribution in [-0.4, -0.2) is 45.3 Å². The van der Waals surface area contributed by atoms with Crippen molar-refractivity contribution in [1.82, 2.24) is 0 Å². The molecule has 1 N–H and O–H groups in total. The Labute approximate surface area is 167 Å². The molecule has 0 unspecified atom stereocenters. The van der Waals surface area contributed by atoms with Crippen molar-refractivity contribution in [3.8, 4) is 11.5 Å². The van der Waals surface area contributed by atoms with E-state index >= 15 is 0 Å². The van der Waals surface area contributed by atoms with Gasteiger partial charge in [-0.15, -0.1) is 0 Å². The van der Waals surface area contributed by atoms with Gasteiger partial charge in [0.2, 0.25) is 15.9 Å². The molecule has 0 fully saturated rings. The van der Waals surface area contributed by atoms with Crippen molar-refractivity contribution in [2.75, 3.05) is 35.6 Å². The average Bonchev–Trinajstić information content (AvgIpc) is 2.66. The molecule has 0 radical (unpaired) electrons. The number of anilines is 2. The van der Waals surface area contributed by atoms with Gasteiger partial charge in [-0.1, -0.05) is 6.07 Å². The SMILES string of the molecule is Cc1c(NC(=O)CN(c2ccc3c(c2)OCCO3)S(C)(=O)=O)cccc1[N+](=O)[O-]. The number of nitro groups is 1. The second-order valence-corrected chi connectivity index (χ2v) is 8.26. The second kappa shape index (κ2) is 7.95. The number of fused-ring (bicyclic) bond motifs is 1. The molecule has 11 heteroatoms. The van der Waals surface area contributed by atoms with Crippen LogP contribution in [-0.2, 0) is 14.8 Å². The maximum atomic E-state index is 12.5. The van der Waals surface area contributed by atoms with Crippen LogP contribution in [0.3, 0.4) is 0 Å². The summed E-state index contributed by atoms with van der Waals surface area (Å²) < 4.78 is 36.4. The van der Waals surface area contributed by atoms with Crippen LogP contribution in [0.1, 0.15) is 5.56 Å². The number of rotatable bonds is 6. The van der Waals surface area contributed by atoms with Crippen LogP contribution < -0.4 is 19.1 Å². The van der Waals surface area contributed by atoms with Gasteiger partial charge in [0.1, 0.15) is 19.8 Å². The zero-order chi connectivity index (χ0) is 21.2. The summed E-state index contributed by atoms with van der Waals surface area (Å²) in [5, 5.41) is 13.6. The molecule has 154 valence electrons. The zero-order valence-corrected chi connectivity index (χ0v) is 16.6. The minimum atomic E-state index is -3.80. The van der Waals surface area contributed by atoms with Crippen molar-refractivity contribution in [1.29, 1.82) is 0 Å². The summed E-state index contributed by atoms with van der Waals surface area (Å²) in [4.78, 5) is 23.0. The fourth-order valence-corrected chi connectivity index (χ4v) is 3.71. The molecule has 2 aromatic rings. The van der Waals surface area contributed by atoms with E-state index in [-0.39, 0.29) is 22.6 Å². The molecule has 0 aromatic heterocycles. The molecule has 0 saturated heterocycles. The summed E-state index contributed by atoms with van der Waals surface area (Å²) in [5.74, 6) is 0.233. The second-order valence-electron chi connectivity index (χ2n) is 6.35. The van der Waals surface area contributed by atoms with Gasteiger partial charge in [0, 0.05) is 12.1 Å². The number of hydrogen-bond donors (Lipinski definition) is 1. The topological polar surface area (TPSA) is 128 Å². The number of carbonyl (C=O) groups is 1. The van der Waals surface area contributed by atoms with E-state index < -0.39 is 27.4 Å². The van der Waals surface area contributed by atoms with Crippen LogP contribution in [0, 0.1) is 17.0 Å². The maximum absolute atomic E-state index is 12.5. The lowest BCUT2D eigenvalue weighted by molar-refractivity contribution is -0.385. The van der Waals surface area contributed by atoms with Crippen LogP contribution in [0.25, 0.3) is 0 Å². The van der Waals surface area contributed by atoms with Crippen molar-refractivity contribution in [2.24, 2.45) is 0 Å². The van der Waals surface area contributed by atoms with Gasteiger partial charge < -0.3 is 14.8 Å². The highest BCUT2D eigenvalue weighted by Gasteiger charge is 2.24. The summed E-state index contributed by atoms with van der Waals surface area (Å²) in [6, 6.07) is 8.85. The minimum Gasteiger partial charge on any atom is -0.486 e. The lowest BCUT2D eigenvalue weighted by atomic mass is 10.1. The summed E-state index contributed by atoms with van der Waals surface area (Å²) in [5.41, 5.74) is 0.605. The average molecular weight is 421 g/mol. The third kappa shape index (κ3) is 4.57. The molecule has 0 atom stereocenters. The van der Waals surface area contributed by atoms with Gasteiger partial charge in [-0.25, -0.2) is 8.42 Å². The third-order valence-electron chi connectivity index (χ3n) is 4.28. The first-order valence-corrected chi connectivity index (χ1v) is 10.4. The number of amides is 1. The molecule has 0 saturated carbocycles. The highest BCUT2D eigenvalue weighted by molar-refractivity contribution is 7.92. The number of nitro benzene ring substituents is 1. The quantitative estimate of drug-likeness (QED) is 0.558. The Kier molecular flexibility index (Phi) is 5.59. The van der Waals surface area contributed by atoms with E-state index in [1.165, 1.54) is 37.3 Å². The maximum Gasteiger partial charge on any atom is 0.274 e. The van der Waals surface area contributed by atoms with E-state index in [0.29, 0.717) is 24.7 Å². The standard InChI is InChI=1S/C18H19N3O7S/c1-12-14(4-3-5-15(12)21(23)24)19-18(22)11-20(29(2,25)26)13-6-7-16-17(10-13)28-9-8-27-16/h3-7,10H,8-9,11H2,1-2H3,(H,19,22). The molecule has 0 spiro atoms. The molecule has 10 nitrogen and oxygen atoms in total. The summed E-state index contributed by atoms with van der Waals surface area (Å²) >= 11 is 0. The fourth-order valence-electron chi connectivity index (χ4n) is 2.86. The van der Waals surface area contributed by atoms with Crippen molar-refractivity contribution in [3.63, 3.8) is 0 Å². The van der Waals surface area contributed by atoms with E-state index in [2.05, 4.69) is 5.32 Å². The monoisotopic (exact) mass is 421 g/mol. The third-order valence-corrected chi connectivity index (χ3v) is 5.42. The van der Waals surface area contributed by atoms with Gasteiger partial charge in [-0.3, -0.25) is 19.2 Å². The van der Waals surface area contributed by atoms with E-state index in [0.717, 1.165) is 10.6 Å². The molecule has 1 amide bonds. The van der Waals surface area contributed by atoms with Crippen molar-refractivity contribution in [3.05, 3.63) is 52.1 Å². The van der Waals surface area contributed by atoms with Crippen molar-refractivity contribution in [2.45, 2.75) is 6.92 Å². The smallest absolute Gasteiger partial charge is 0.274 e. The van der Waals surface area contributed by atoms with Crippen LogP contribution in [0.2, 0.25) is 0 Å². The first-order chi connectivity index (χ1) is 13.7. The summed E-state index contributed by atoms with van der Waals surface area (Å²) in [6.07, 6.45) is 0.982. The molecule has 0 bridgehead atoms. The number of nitrogens with zero attached hydrogens (tertiary/aromatic N) is 2. The van der Waals surface area contributed by atoms with Crippen molar-refractivity contribution >= 4 is 33.0 Å². The van der Waals surface area contributed by atoms with Crippen LogP contribution in [0.15, 0.2) is 36.4 Å². The number of sulfonamides is 1. The van der Waals surface area contributed by atoms with Gasteiger partial charge in [-0.2, -0.15) is 0 Å². The fraction of sp³-hybridized carbons (Fsp3) is 0.278. The van der Waals surface area contributed by atoms with E-state index in [4.69, 9.17) is 9.47 Å². The lowest BCUT2D eigenvalue weighted by Gasteiger charge is -2.24. The number of ether oxygens (including phenoxy) is 2. The van der Waals surface area contributed by atoms with Crippen LogP contribution >= 0.6 is 0 Å². The van der Waals surface area contributed by atoms with Crippen molar-refractivity contribution < 1.29 is 27.6 Å². The highest BCUT2D eigenvalue weighted by atomic mass is 32.2.